The molecule has 9 nitrogen and oxygen atoms in total. The maximum Gasteiger partial charge on any atom is 0.295 e. The zero-order valence-electron chi connectivity index (χ0n) is 14.9. The highest BCUT2D eigenvalue weighted by molar-refractivity contribution is 7.89. The molecule has 0 radical (unpaired) electrons. The van der Waals surface area contributed by atoms with Gasteiger partial charge in [-0.25, -0.2) is 13.6 Å². The van der Waals surface area contributed by atoms with E-state index in [1.165, 1.54) is 12.3 Å². The van der Waals surface area contributed by atoms with E-state index in [4.69, 9.17) is 9.88 Å². The minimum atomic E-state index is -4.05. The smallest absolute Gasteiger partial charge is 0.295 e. The van der Waals surface area contributed by atoms with Crippen molar-refractivity contribution in [3.8, 4) is 11.5 Å². The van der Waals surface area contributed by atoms with Crippen LogP contribution in [0.15, 0.2) is 82.8 Å². The van der Waals surface area contributed by atoms with Gasteiger partial charge in [0.25, 0.3) is 5.69 Å². The third-order valence-corrected chi connectivity index (χ3v) is 4.64. The van der Waals surface area contributed by atoms with Crippen molar-refractivity contribution in [3.63, 3.8) is 0 Å². The lowest BCUT2D eigenvalue weighted by Crippen LogP contribution is -2.12. The number of hydrogen-bond acceptors (Lipinski definition) is 7. The molecule has 0 saturated carbocycles. The molecule has 0 saturated heterocycles. The number of nitrogens with two attached hydrogens (primary N) is 1. The summed E-state index contributed by atoms with van der Waals surface area (Å²) in [5.74, 6) is 1.29. The summed E-state index contributed by atoms with van der Waals surface area (Å²) in [4.78, 5) is 10.1. The van der Waals surface area contributed by atoms with Crippen molar-refractivity contribution in [2.75, 3.05) is 5.43 Å². The van der Waals surface area contributed by atoms with E-state index >= 15 is 0 Å². The number of benzene rings is 3. The molecule has 3 N–H and O–H groups in total. The van der Waals surface area contributed by atoms with Gasteiger partial charge in [0.2, 0.25) is 10.0 Å². The van der Waals surface area contributed by atoms with Crippen LogP contribution in [0.5, 0.6) is 11.5 Å². The second-order valence-corrected chi connectivity index (χ2v) is 7.40. The minimum Gasteiger partial charge on any atom is -0.457 e. The van der Waals surface area contributed by atoms with Crippen molar-refractivity contribution in [1.29, 1.82) is 0 Å². The number of primary sulfonamides is 1. The summed E-state index contributed by atoms with van der Waals surface area (Å²) in [6.07, 6.45) is 1.45. The van der Waals surface area contributed by atoms with Gasteiger partial charge in [-0.15, -0.1) is 0 Å². The molecule has 0 unspecified atom stereocenters. The van der Waals surface area contributed by atoms with Crippen LogP contribution >= 0.6 is 0 Å². The fraction of sp³-hybridized carbons (Fsp3) is 0. The normalized spacial score (nSPS) is 11.3. The zero-order valence-corrected chi connectivity index (χ0v) is 15.7. The Morgan fingerprint density at radius 2 is 1.72 bits per heavy atom. The topological polar surface area (TPSA) is 137 Å². The summed E-state index contributed by atoms with van der Waals surface area (Å²) < 4.78 is 28.5. The van der Waals surface area contributed by atoms with E-state index in [9.17, 15) is 18.5 Å². The minimum absolute atomic E-state index is 0.0235. The van der Waals surface area contributed by atoms with Crippen molar-refractivity contribution in [3.05, 3.63) is 88.5 Å². The Labute approximate surface area is 166 Å². The van der Waals surface area contributed by atoms with Crippen molar-refractivity contribution in [1.82, 2.24) is 0 Å². The highest BCUT2D eigenvalue weighted by atomic mass is 32.2. The third-order valence-electron chi connectivity index (χ3n) is 3.73. The van der Waals surface area contributed by atoms with Gasteiger partial charge >= 0.3 is 0 Å². The lowest BCUT2D eigenvalue weighted by atomic mass is 10.2. The Kier molecular flexibility index (Phi) is 5.86. The van der Waals surface area contributed by atoms with Gasteiger partial charge in [0.05, 0.1) is 16.0 Å². The van der Waals surface area contributed by atoms with Gasteiger partial charge < -0.3 is 4.74 Å². The molecule has 3 aromatic rings. The molecule has 0 atom stereocenters. The average molecular weight is 412 g/mol. The van der Waals surface area contributed by atoms with E-state index in [2.05, 4.69) is 10.5 Å². The van der Waals surface area contributed by atoms with Crippen LogP contribution in [-0.2, 0) is 10.0 Å². The van der Waals surface area contributed by atoms with Crippen molar-refractivity contribution >= 4 is 27.6 Å². The van der Waals surface area contributed by atoms with Crippen LogP contribution in [0.2, 0.25) is 0 Å². The molecule has 3 rings (SSSR count). The van der Waals surface area contributed by atoms with Crippen molar-refractivity contribution in [2.45, 2.75) is 4.90 Å². The van der Waals surface area contributed by atoms with E-state index in [1.54, 1.807) is 24.3 Å². The van der Waals surface area contributed by atoms with Crippen LogP contribution in [-0.4, -0.2) is 19.6 Å². The quantitative estimate of drug-likeness (QED) is 0.346. The molecule has 0 amide bonds. The molecule has 29 heavy (non-hydrogen) atoms. The first kappa shape index (κ1) is 20.0. The SMILES string of the molecule is NS(=O)(=O)c1ccc(NN=Cc2cccc(Oc3ccccc3)c2)c([N+](=O)[O-])c1. The van der Waals surface area contributed by atoms with Gasteiger partial charge in [0.15, 0.2) is 0 Å². The Morgan fingerprint density at radius 1 is 1.00 bits per heavy atom. The number of sulfonamides is 1. The van der Waals surface area contributed by atoms with Crippen LogP contribution in [0.25, 0.3) is 0 Å². The summed E-state index contributed by atoms with van der Waals surface area (Å²) in [6.45, 7) is 0. The molecule has 10 heteroatoms. The van der Waals surface area contributed by atoms with Crippen LogP contribution in [0.4, 0.5) is 11.4 Å². The molecule has 0 heterocycles. The number of nitro benzene ring substituents is 1. The van der Waals surface area contributed by atoms with E-state index in [1.807, 2.05) is 30.3 Å². The molecular weight excluding hydrogens is 396 g/mol. The highest BCUT2D eigenvalue weighted by Gasteiger charge is 2.18. The molecule has 0 aromatic heterocycles. The number of hydrogen-bond donors (Lipinski definition) is 2. The standard InChI is InChI=1S/C19H16N4O5S/c20-29(26,27)17-9-10-18(19(12-17)23(24)25)22-21-13-14-5-4-8-16(11-14)28-15-6-2-1-3-7-15/h1-13,22H,(H2,20,26,27). The molecule has 0 aliphatic rings. The number of nitro groups is 1. The van der Waals surface area contributed by atoms with E-state index in [0.717, 1.165) is 12.1 Å². The number of rotatable bonds is 7. The summed E-state index contributed by atoms with van der Waals surface area (Å²) in [5.41, 5.74) is 2.79. The lowest BCUT2D eigenvalue weighted by molar-refractivity contribution is -0.384. The van der Waals surface area contributed by atoms with Crippen molar-refractivity contribution in [2.24, 2.45) is 10.2 Å². The van der Waals surface area contributed by atoms with Crippen LogP contribution < -0.4 is 15.3 Å². The lowest BCUT2D eigenvalue weighted by Gasteiger charge is -2.06. The maximum atomic E-state index is 11.4. The molecule has 0 bridgehead atoms. The molecule has 148 valence electrons. The molecule has 0 fully saturated rings. The average Bonchev–Trinajstić information content (AvgIpc) is 2.68. The van der Waals surface area contributed by atoms with Gasteiger partial charge in [-0.05, 0) is 42.0 Å². The summed E-state index contributed by atoms with van der Waals surface area (Å²) in [6, 6.07) is 19.6. The number of nitrogens with zero attached hydrogens (tertiary/aromatic N) is 2. The number of anilines is 1. The Morgan fingerprint density at radius 3 is 2.41 bits per heavy atom. The summed E-state index contributed by atoms with van der Waals surface area (Å²) in [5, 5.41) is 20.2. The summed E-state index contributed by atoms with van der Waals surface area (Å²) in [7, 11) is -4.05. The third kappa shape index (κ3) is 5.37. The van der Waals surface area contributed by atoms with E-state index < -0.39 is 20.6 Å². The van der Waals surface area contributed by atoms with Crippen LogP contribution in [0.3, 0.4) is 0 Å². The second kappa shape index (κ2) is 8.50. The number of para-hydroxylation sites is 1. The molecule has 0 spiro atoms. The molecule has 0 aliphatic heterocycles. The predicted molar refractivity (Wildman–Crippen MR) is 109 cm³/mol. The monoisotopic (exact) mass is 412 g/mol. The fourth-order valence-electron chi connectivity index (χ4n) is 2.39. The number of hydrazone groups is 1. The highest BCUT2D eigenvalue weighted by Crippen LogP contribution is 2.27. The first-order chi connectivity index (χ1) is 13.8. The van der Waals surface area contributed by atoms with Crippen molar-refractivity contribution < 1.29 is 18.1 Å². The first-order valence-corrected chi connectivity index (χ1v) is 9.81. The molecule has 3 aromatic carbocycles. The summed E-state index contributed by atoms with van der Waals surface area (Å²) >= 11 is 0. The van der Waals surface area contributed by atoms with Gasteiger partial charge in [0.1, 0.15) is 17.2 Å². The molecular formula is C19H16N4O5S. The predicted octanol–water partition coefficient (Wildman–Crippen LogP) is 3.48. The number of ether oxygens (including phenoxy) is 1. The van der Waals surface area contributed by atoms with Gasteiger partial charge in [-0.2, -0.15) is 5.10 Å². The Bertz CT molecular complexity index is 1160. The molecule has 0 aliphatic carbocycles. The van der Waals surface area contributed by atoms with E-state index in [-0.39, 0.29) is 10.6 Å². The second-order valence-electron chi connectivity index (χ2n) is 5.84. The largest absolute Gasteiger partial charge is 0.457 e. The maximum absolute atomic E-state index is 11.4. The van der Waals surface area contributed by atoms with Crippen LogP contribution in [0, 0.1) is 10.1 Å². The zero-order chi connectivity index (χ0) is 20.9. The Hall–Kier alpha value is -3.76. The first-order valence-electron chi connectivity index (χ1n) is 8.26. The number of nitrogens with one attached hydrogen (secondary N) is 1. The van der Waals surface area contributed by atoms with Crippen LogP contribution in [0.1, 0.15) is 5.56 Å². The fourth-order valence-corrected chi connectivity index (χ4v) is 2.93. The van der Waals surface area contributed by atoms with Gasteiger partial charge in [-0.1, -0.05) is 30.3 Å². The van der Waals surface area contributed by atoms with Gasteiger partial charge in [-0.3, -0.25) is 15.5 Å². The van der Waals surface area contributed by atoms with Gasteiger partial charge in [0, 0.05) is 6.07 Å². The van der Waals surface area contributed by atoms with E-state index in [0.29, 0.717) is 17.1 Å². The Balaban J connectivity index is 1.76.